The van der Waals surface area contributed by atoms with Gasteiger partial charge in [0.05, 0.1) is 17.9 Å². The number of aliphatic hydroxyl groups excluding tert-OH is 1. The molecule has 1 aliphatic rings. The number of hydrogen-bond donors (Lipinski definition) is 4. The Labute approximate surface area is 113 Å². The Morgan fingerprint density at radius 3 is 2.67 bits per heavy atom. The molecule has 0 bridgehead atoms. The number of nitrogens with one attached hydrogen (secondary N) is 2. The molecule has 0 saturated carbocycles. The van der Waals surface area contributed by atoms with Gasteiger partial charge in [-0.15, -0.1) is 0 Å². The maximum absolute atomic E-state index is 11.7. The normalized spacial score (nSPS) is 25.4. The zero-order valence-corrected chi connectivity index (χ0v) is 12.0. The van der Waals surface area contributed by atoms with Crippen LogP contribution in [0.1, 0.15) is 33.6 Å². The molecule has 1 aliphatic heterocycles. The van der Waals surface area contributed by atoms with Gasteiger partial charge in [-0.3, -0.25) is 9.59 Å². The summed E-state index contributed by atoms with van der Waals surface area (Å²) in [4.78, 5) is 23.2. The minimum Gasteiger partial charge on any atom is -0.394 e. The van der Waals surface area contributed by atoms with Gasteiger partial charge in [-0.2, -0.15) is 12.6 Å². The van der Waals surface area contributed by atoms with Crippen LogP contribution in [0.25, 0.3) is 0 Å². The van der Waals surface area contributed by atoms with E-state index >= 15 is 0 Å². The van der Waals surface area contributed by atoms with Crippen LogP contribution >= 0.6 is 12.6 Å². The molecule has 104 valence electrons. The molecule has 3 atom stereocenters. The van der Waals surface area contributed by atoms with E-state index < -0.39 is 11.3 Å². The first-order valence-electron chi connectivity index (χ1n) is 6.16. The number of thiol groups is 1. The Bertz CT molecular complexity index is 331. The highest BCUT2D eigenvalue weighted by molar-refractivity contribution is 7.81. The molecule has 0 aromatic carbocycles. The Hall–Kier alpha value is -0.750. The molecular formula is C12H22N2O3S. The molecule has 0 aromatic heterocycles. The maximum atomic E-state index is 11.7. The van der Waals surface area contributed by atoms with Gasteiger partial charge in [-0.25, -0.2) is 0 Å². The van der Waals surface area contributed by atoms with Crippen LogP contribution < -0.4 is 10.6 Å². The third-order valence-electron chi connectivity index (χ3n) is 3.10. The smallest absolute Gasteiger partial charge is 0.232 e. The van der Waals surface area contributed by atoms with E-state index in [0.717, 1.165) is 0 Å². The van der Waals surface area contributed by atoms with Gasteiger partial charge in [0, 0.05) is 11.5 Å². The highest BCUT2D eigenvalue weighted by Gasteiger charge is 2.38. The standard InChI is InChI=1S/C12H22N2O3S/c1-7(18)10(16)13-9(6-15)4-8-5-12(2,3)14-11(8)17/h7-9,15,18H,4-6H2,1-3H3,(H,13,16)(H,14,17). The molecule has 3 N–H and O–H groups in total. The average Bonchev–Trinajstić information content (AvgIpc) is 2.50. The molecule has 1 fully saturated rings. The van der Waals surface area contributed by atoms with E-state index in [-0.39, 0.29) is 29.9 Å². The first-order chi connectivity index (χ1) is 8.25. The first kappa shape index (κ1) is 15.3. The predicted octanol–water partition coefficient (Wildman–Crippen LogP) is 0.0866. The van der Waals surface area contributed by atoms with Crippen molar-refractivity contribution >= 4 is 24.4 Å². The second-order valence-corrected chi connectivity index (χ2v) is 6.35. The Morgan fingerprint density at radius 2 is 2.28 bits per heavy atom. The molecule has 18 heavy (non-hydrogen) atoms. The second-order valence-electron chi connectivity index (χ2n) is 5.57. The van der Waals surface area contributed by atoms with Crippen molar-refractivity contribution in [2.75, 3.05) is 6.61 Å². The summed E-state index contributed by atoms with van der Waals surface area (Å²) in [6.07, 6.45) is 1.17. The lowest BCUT2D eigenvalue weighted by molar-refractivity contribution is -0.124. The van der Waals surface area contributed by atoms with Gasteiger partial charge in [-0.05, 0) is 33.6 Å². The van der Waals surface area contributed by atoms with E-state index in [4.69, 9.17) is 0 Å². The van der Waals surface area contributed by atoms with Crippen LogP contribution in [0.15, 0.2) is 0 Å². The molecular weight excluding hydrogens is 252 g/mol. The summed E-state index contributed by atoms with van der Waals surface area (Å²) in [5, 5.41) is 14.4. The van der Waals surface area contributed by atoms with E-state index in [1.54, 1.807) is 6.92 Å². The molecule has 0 aliphatic carbocycles. The fourth-order valence-electron chi connectivity index (χ4n) is 2.23. The van der Waals surface area contributed by atoms with Gasteiger partial charge in [0.25, 0.3) is 0 Å². The zero-order chi connectivity index (χ0) is 13.9. The van der Waals surface area contributed by atoms with Gasteiger partial charge >= 0.3 is 0 Å². The number of amides is 2. The third kappa shape index (κ3) is 4.17. The maximum Gasteiger partial charge on any atom is 0.232 e. The summed E-state index contributed by atoms with van der Waals surface area (Å²) in [5.74, 6) is -0.394. The van der Waals surface area contributed by atoms with Crippen molar-refractivity contribution in [2.24, 2.45) is 5.92 Å². The van der Waals surface area contributed by atoms with Crippen molar-refractivity contribution in [3.05, 3.63) is 0 Å². The van der Waals surface area contributed by atoms with Crippen molar-refractivity contribution in [1.82, 2.24) is 10.6 Å². The van der Waals surface area contributed by atoms with Gasteiger partial charge in [0.2, 0.25) is 11.8 Å². The third-order valence-corrected chi connectivity index (χ3v) is 3.34. The summed E-state index contributed by atoms with van der Waals surface area (Å²) in [6, 6.07) is -0.392. The van der Waals surface area contributed by atoms with Crippen molar-refractivity contribution in [3.8, 4) is 0 Å². The van der Waals surface area contributed by atoms with E-state index in [0.29, 0.717) is 12.8 Å². The van der Waals surface area contributed by atoms with E-state index in [1.807, 2.05) is 13.8 Å². The number of aliphatic hydroxyl groups is 1. The van der Waals surface area contributed by atoms with Crippen LogP contribution in [-0.4, -0.2) is 40.4 Å². The Morgan fingerprint density at radius 1 is 1.67 bits per heavy atom. The molecule has 0 spiro atoms. The molecule has 5 nitrogen and oxygen atoms in total. The van der Waals surface area contributed by atoms with Gasteiger partial charge in [0.15, 0.2) is 0 Å². The number of rotatable bonds is 5. The van der Waals surface area contributed by atoms with Crippen LogP contribution in [0, 0.1) is 5.92 Å². The van der Waals surface area contributed by atoms with Crippen molar-refractivity contribution in [3.63, 3.8) is 0 Å². The average molecular weight is 274 g/mol. The zero-order valence-electron chi connectivity index (χ0n) is 11.1. The monoisotopic (exact) mass is 274 g/mol. The number of carbonyl (C=O) groups excluding carboxylic acids is 2. The van der Waals surface area contributed by atoms with Crippen molar-refractivity contribution in [1.29, 1.82) is 0 Å². The lowest BCUT2D eigenvalue weighted by Gasteiger charge is -2.20. The van der Waals surface area contributed by atoms with Gasteiger partial charge in [-0.1, -0.05) is 0 Å². The SMILES string of the molecule is CC(S)C(=O)NC(CO)CC1CC(C)(C)NC1=O. The minimum atomic E-state index is -0.423. The molecule has 6 heteroatoms. The Kier molecular flexibility index (Phi) is 5.04. The summed E-state index contributed by atoms with van der Waals surface area (Å²) in [5.41, 5.74) is -0.206. The molecule has 1 heterocycles. The van der Waals surface area contributed by atoms with E-state index in [9.17, 15) is 14.7 Å². The summed E-state index contributed by atoms with van der Waals surface area (Å²) in [6.45, 7) is 5.43. The fraction of sp³-hybridized carbons (Fsp3) is 0.833. The molecule has 1 rings (SSSR count). The van der Waals surface area contributed by atoms with Crippen LogP contribution in [0.4, 0.5) is 0 Å². The number of carbonyl (C=O) groups is 2. The Balaban J connectivity index is 2.54. The minimum absolute atomic E-state index is 0.00776. The quantitative estimate of drug-likeness (QED) is 0.536. The molecule has 2 amide bonds. The lowest BCUT2D eigenvalue weighted by Crippen LogP contribution is -2.42. The second kappa shape index (κ2) is 5.93. The fourth-order valence-corrected chi connectivity index (χ4v) is 2.30. The molecule has 3 unspecified atom stereocenters. The molecule has 1 saturated heterocycles. The van der Waals surface area contributed by atoms with Crippen LogP contribution in [0.5, 0.6) is 0 Å². The predicted molar refractivity (Wildman–Crippen MR) is 72.4 cm³/mol. The van der Waals surface area contributed by atoms with Crippen molar-refractivity contribution < 1.29 is 14.7 Å². The largest absolute Gasteiger partial charge is 0.394 e. The highest BCUT2D eigenvalue weighted by atomic mass is 32.1. The van der Waals surface area contributed by atoms with Gasteiger partial charge < -0.3 is 15.7 Å². The van der Waals surface area contributed by atoms with Crippen LogP contribution in [-0.2, 0) is 9.59 Å². The summed E-state index contributed by atoms with van der Waals surface area (Å²) < 4.78 is 0. The van der Waals surface area contributed by atoms with Crippen LogP contribution in [0.3, 0.4) is 0 Å². The first-order valence-corrected chi connectivity index (χ1v) is 6.68. The topological polar surface area (TPSA) is 78.4 Å². The summed E-state index contributed by atoms with van der Waals surface area (Å²) >= 11 is 4.03. The highest BCUT2D eigenvalue weighted by Crippen LogP contribution is 2.27. The lowest BCUT2D eigenvalue weighted by atomic mass is 9.92. The molecule has 0 radical (unpaired) electrons. The van der Waals surface area contributed by atoms with Crippen LogP contribution in [0.2, 0.25) is 0 Å². The van der Waals surface area contributed by atoms with Crippen molar-refractivity contribution in [2.45, 2.75) is 50.4 Å². The van der Waals surface area contributed by atoms with E-state index in [1.165, 1.54) is 0 Å². The molecule has 0 aromatic rings. The number of hydrogen-bond acceptors (Lipinski definition) is 4. The summed E-state index contributed by atoms with van der Waals surface area (Å²) in [7, 11) is 0. The van der Waals surface area contributed by atoms with Gasteiger partial charge in [0.1, 0.15) is 0 Å². The van der Waals surface area contributed by atoms with E-state index in [2.05, 4.69) is 23.3 Å².